The Morgan fingerprint density at radius 3 is 2.48 bits per heavy atom. The summed E-state index contributed by atoms with van der Waals surface area (Å²) in [4.78, 5) is 26.5. The van der Waals surface area contributed by atoms with Crippen LogP contribution in [0.4, 0.5) is 0 Å². The van der Waals surface area contributed by atoms with Gasteiger partial charge in [-0.15, -0.1) is 0 Å². The molecule has 1 aromatic rings. The van der Waals surface area contributed by atoms with Crippen LogP contribution >= 0.6 is 0 Å². The Balaban J connectivity index is 2.16. The summed E-state index contributed by atoms with van der Waals surface area (Å²) in [6, 6.07) is 8.63. The highest BCUT2D eigenvalue weighted by Gasteiger charge is 2.38. The number of carbonyl (C=O) groups is 2. The summed E-state index contributed by atoms with van der Waals surface area (Å²) >= 11 is 0. The van der Waals surface area contributed by atoms with Gasteiger partial charge in [-0.3, -0.25) is 9.59 Å². The second-order valence-electron chi connectivity index (χ2n) is 5.64. The van der Waals surface area contributed by atoms with E-state index in [-0.39, 0.29) is 11.8 Å². The van der Waals surface area contributed by atoms with E-state index in [0.29, 0.717) is 6.54 Å². The number of nitrogens with zero attached hydrogens (tertiary/aromatic N) is 1. The number of hydrogen-bond donors (Lipinski definition) is 1. The van der Waals surface area contributed by atoms with E-state index in [9.17, 15) is 9.59 Å². The van der Waals surface area contributed by atoms with Gasteiger partial charge in [0.2, 0.25) is 11.8 Å². The summed E-state index contributed by atoms with van der Waals surface area (Å²) in [6.07, 6.45) is 4.37. The molecule has 1 saturated heterocycles. The number of carbonyl (C=O) groups excluding carboxylic acids is 2. The van der Waals surface area contributed by atoms with Crippen molar-refractivity contribution in [3.05, 3.63) is 35.9 Å². The first-order valence-corrected chi connectivity index (χ1v) is 7.81. The highest BCUT2D eigenvalue weighted by molar-refractivity contribution is 5.97. The lowest BCUT2D eigenvalue weighted by molar-refractivity contribution is -0.149. The van der Waals surface area contributed by atoms with Crippen molar-refractivity contribution in [2.75, 3.05) is 6.54 Å². The molecule has 0 spiro atoms. The fourth-order valence-electron chi connectivity index (χ4n) is 2.79. The van der Waals surface area contributed by atoms with Crippen molar-refractivity contribution in [1.29, 1.82) is 0 Å². The van der Waals surface area contributed by atoms with E-state index in [4.69, 9.17) is 0 Å². The van der Waals surface area contributed by atoms with Gasteiger partial charge in [0.1, 0.15) is 12.1 Å². The molecule has 0 bridgehead atoms. The quantitative estimate of drug-likeness (QED) is 0.818. The summed E-state index contributed by atoms with van der Waals surface area (Å²) in [7, 11) is 0. The number of benzene rings is 1. The van der Waals surface area contributed by atoms with Crippen LogP contribution < -0.4 is 5.32 Å². The molecule has 1 aromatic carbocycles. The lowest BCUT2D eigenvalue weighted by Crippen LogP contribution is -2.58. The average Bonchev–Trinajstić information content (AvgIpc) is 2.49. The lowest BCUT2D eigenvalue weighted by atomic mass is 9.99. The number of rotatable bonds is 6. The number of nitrogens with one attached hydrogen (secondary N) is 1. The maximum atomic E-state index is 12.4. The molecule has 1 N–H and O–H groups in total. The minimum Gasteiger partial charge on any atom is -0.342 e. The van der Waals surface area contributed by atoms with Crippen molar-refractivity contribution in [3.63, 3.8) is 0 Å². The van der Waals surface area contributed by atoms with Crippen LogP contribution in [-0.4, -0.2) is 29.3 Å². The zero-order chi connectivity index (χ0) is 15.2. The van der Waals surface area contributed by atoms with Crippen LogP contribution in [0.25, 0.3) is 0 Å². The smallest absolute Gasteiger partial charge is 0.248 e. The van der Waals surface area contributed by atoms with Crippen molar-refractivity contribution < 1.29 is 9.59 Å². The monoisotopic (exact) mass is 288 g/mol. The van der Waals surface area contributed by atoms with Crippen molar-refractivity contribution in [1.82, 2.24) is 10.2 Å². The van der Waals surface area contributed by atoms with Crippen molar-refractivity contribution in [2.45, 2.75) is 51.6 Å². The summed E-state index contributed by atoms with van der Waals surface area (Å²) in [5.74, 6) is -0.0660. The minimum absolute atomic E-state index is 0.0138. The molecule has 2 atom stereocenters. The fraction of sp³-hybridized carbons (Fsp3) is 0.529. The van der Waals surface area contributed by atoms with Gasteiger partial charge in [-0.05, 0) is 18.9 Å². The van der Waals surface area contributed by atoms with Gasteiger partial charge >= 0.3 is 0 Å². The Morgan fingerprint density at radius 2 is 1.81 bits per heavy atom. The van der Waals surface area contributed by atoms with Gasteiger partial charge in [0, 0.05) is 6.54 Å². The van der Waals surface area contributed by atoms with E-state index >= 15 is 0 Å². The van der Waals surface area contributed by atoms with Crippen molar-refractivity contribution >= 4 is 11.8 Å². The van der Waals surface area contributed by atoms with E-state index in [2.05, 4.69) is 12.2 Å². The second-order valence-corrected chi connectivity index (χ2v) is 5.64. The standard InChI is InChI=1S/C17H24N2O2/c1-3-4-5-9-12-19-15(14-10-7-6-8-11-14)16(20)18-13(2)17(19)21/h6-8,10-11,13,15H,3-5,9,12H2,1-2H3,(H,18,20). The van der Waals surface area contributed by atoms with Gasteiger partial charge in [0.25, 0.3) is 0 Å². The minimum atomic E-state index is -0.489. The SMILES string of the molecule is CCCCCCN1C(=O)C(C)NC(=O)C1c1ccccc1. The molecule has 0 radical (unpaired) electrons. The molecule has 1 heterocycles. The first-order chi connectivity index (χ1) is 10.1. The maximum absolute atomic E-state index is 12.4. The van der Waals surface area contributed by atoms with Crippen LogP contribution in [0.3, 0.4) is 0 Å². The summed E-state index contributed by atoms with van der Waals surface area (Å²) < 4.78 is 0. The van der Waals surface area contributed by atoms with Gasteiger partial charge in [0.15, 0.2) is 0 Å². The number of amides is 2. The Bertz CT molecular complexity index is 487. The first kappa shape index (κ1) is 15.5. The molecule has 114 valence electrons. The Hall–Kier alpha value is -1.84. The normalized spacial score (nSPS) is 22.3. The van der Waals surface area contributed by atoms with Crippen LogP contribution in [0.15, 0.2) is 30.3 Å². The molecule has 0 aliphatic carbocycles. The topological polar surface area (TPSA) is 49.4 Å². The second kappa shape index (κ2) is 7.25. The molecule has 1 fully saturated rings. The Kier molecular flexibility index (Phi) is 5.37. The van der Waals surface area contributed by atoms with Gasteiger partial charge in [-0.25, -0.2) is 0 Å². The molecule has 1 aliphatic heterocycles. The predicted molar refractivity (Wildman–Crippen MR) is 82.6 cm³/mol. The van der Waals surface area contributed by atoms with Crippen LogP contribution in [0.1, 0.15) is 51.1 Å². The van der Waals surface area contributed by atoms with Crippen molar-refractivity contribution in [3.8, 4) is 0 Å². The third kappa shape index (κ3) is 3.63. The first-order valence-electron chi connectivity index (χ1n) is 7.81. The summed E-state index contributed by atoms with van der Waals surface area (Å²) in [6.45, 7) is 4.56. The van der Waals surface area contributed by atoms with Gasteiger partial charge in [0.05, 0.1) is 0 Å². The van der Waals surface area contributed by atoms with Crippen LogP contribution in [0.2, 0.25) is 0 Å². The Labute approximate surface area is 126 Å². The van der Waals surface area contributed by atoms with Gasteiger partial charge in [-0.2, -0.15) is 0 Å². The molecule has 0 saturated carbocycles. The Morgan fingerprint density at radius 1 is 1.10 bits per heavy atom. The van der Waals surface area contributed by atoms with Crippen LogP contribution in [0, 0.1) is 0 Å². The fourth-order valence-corrected chi connectivity index (χ4v) is 2.79. The third-order valence-corrected chi connectivity index (χ3v) is 3.94. The molecule has 2 rings (SSSR count). The summed E-state index contributed by atoms with van der Waals surface area (Å²) in [5, 5.41) is 2.78. The van der Waals surface area contributed by atoms with Crippen LogP contribution in [-0.2, 0) is 9.59 Å². The number of unbranched alkanes of at least 4 members (excludes halogenated alkanes) is 3. The largest absolute Gasteiger partial charge is 0.342 e. The third-order valence-electron chi connectivity index (χ3n) is 3.94. The molecular formula is C17H24N2O2. The lowest BCUT2D eigenvalue weighted by Gasteiger charge is -2.38. The average molecular weight is 288 g/mol. The molecule has 0 aromatic heterocycles. The van der Waals surface area contributed by atoms with E-state index in [1.54, 1.807) is 11.8 Å². The van der Waals surface area contributed by atoms with Crippen molar-refractivity contribution in [2.24, 2.45) is 0 Å². The van der Waals surface area contributed by atoms with Crippen LogP contribution in [0.5, 0.6) is 0 Å². The molecule has 2 amide bonds. The summed E-state index contributed by atoms with van der Waals surface area (Å²) in [5.41, 5.74) is 0.880. The highest BCUT2D eigenvalue weighted by atomic mass is 16.2. The molecule has 1 aliphatic rings. The van der Waals surface area contributed by atoms with E-state index in [1.807, 2.05) is 30.3 Å². The zero-order valence-electron chi connectivity index (χ0n) is 12.8. The molecular weight excluding hydrogens is 264 g/mol. The zero-order valence-corrected chi connectivity index (χ0v) is 12.8. The van der Waals surface area contributed by atoms with E-state index in [1.165, 1.54) is 6.42 Å². The molecule has 4 nitrogen and oxygen atoms in total. The number of hydrogen-bond acceptors (Lipinski definition) is 2. The predicted octanol–water partition coefficient (Wildman–Crippen LogP) is 2.65. The van der Waals surface area contributed by atoms with Gasteiger partial charge < -0.3 is 10.2 Å². The van der Waals surface area contributed by atoms with E-state index < -0.39 is 12.1 Å². The molecule has 4 heteroatoms. The maximum Gasteiger partial charge on any atom is 0.248 e. The molecule has 21 heavy (non-hydrogen) atoms. The van der Waals surface area contributed by atoms with E-state index in [0.717, 1.165) is 24.8 Å². The number of piperazine rings is 1. The van der Waals surface area contributed by atoms with Gasteiger partial charge in [-0.1, -0.05) is 56.5 Å². The highest BCUT2D eigenvalue weighted by Crippen LogP contribution is 2.26. The molecule has 2 unspecified atom stereocenters.